The van der Waals surface area contributed by atoms with E-state index in [0.717, 1.165) is 0 Å². The molecule has 2 aromatic carbocycles. The lowest BCUT2D eigenvalue weighted by molar-refractivity contribution is 0.524. The molecule has 0 bridgehead atoms. The maximum Gasteiger partial charge on any atom is 0.0187 e. The van der Waals surface area contributed by atoms with E-state index in [9.17, 15) is 0 Å². The van der Waals surface area contributed by atoms with Gasteiger partial charge in [0, 0.05) is 5.41 Å². The smallest absolute Gasteiger partial charge is 0.0187 e. The van der Waals surface area contributed by atoms with Crippen molar-refractivity contribution in [2.75, 3.05) is 0 Å². The lowest BCUT2D eigenvalue weighted by Gasteiger charge is -2.27. The fourth-order valence-corrected chi connectivity index (χ4v) is 3.46. The second-order valence-corrected chi connectivity index (χ2v) is 5.68. The van der Waals surface area contributed by atoms with Gasteiger partial charge in [-0.2, -0.15) is 0 Å². The van der Waals surface area contributed by atoms with Crippen LogP contribution in [0.2, 0.25) is 0 Å². The van der Waals surface area contributed by atoms with Crippen LogP contribution < -0.4 is 0 Å². The third-order valence-electron chi connectivity index (χ3n) is 4.33. The van der Waals surface area contributed by atoms with E-state index in [1.54, 1.807) is 0 Å². The summed E-state index contributed by atoms with van der Waals surface area (Å²) in [6.45, 7) is 12.9. The lowest BCUT2D eigenvalue weighted by Crippen LogP contribution is -2.20. The molecule has 0 nitrogen and oxygen atoms in total. The number of rotatable bonds is 2. The Kier molecular flexibility index (Phi) is 4.13. The molecule has 0 saturated heterocycles. The molecular formula is C20H24. The van der Waals surface area contributed by atoms with Gasteiger partial charge in [-0.25, -0.2) is 0 Å². The van der Waals surface area contributed by atoms with Crippen molar-refractivity contribution in [3.8, 4) is 11.1 Å². The fraction of sp³-hybridized carbons (Fsp3) is 0.300. The Hall–Kier alpha value is -1.82. The Morgan fingerprint density at radius 1 is 0.950 bits per heavy atom. The van der Waals surface area contributed by atoms with E-state index < -0.39 is 0 Å². The zero-order valence-corrected chi connectivity index (χ0v) is 12.9. The first kappa shape index (κ1) is 14.6. The standard InChI is InChI=1S/C18H20.C2H4/c1-4-11-18(3)16-8-6-5-7-14(16)15-10-9-13(2)12-17(15)18;1-2/h5-10,12H,4,11H2,1-3H3;1-2H2. The van der Waals surface area contributed by atoms with E-state index in [1.807, 2.05) is 0 Å². The maximum atomic E-state index is 3.00. The van der Waals surface area contributed by atoms with Gasteiger partial charge in [0.1, 0.15) is 0 Å². The summed E-state index contributed by atoms with van der Waals surface area (Å²) in [7, 11) is 0. The third-order valence-corrected chi connectivity index (χ3v) is 4.33. The van der Waals surface area contributed by atoms with Crippen molar-refractivity contribution in [1.29, 1.82) is 0 Å². The Morgan fingerprint density at radius 3 is 2.30 bits per heavy atom. The summed E-state index contributed by atoms with van der Waals surface area (Å²) < 4.78 is 0. The summed E-state index contributed by atoms with van der Waals surface area (Å²) in [4.78, 5) is 0. The molecule has 1 unspecified atom stereocenters. The van der Waals surface area contributed by atoms with Crippen molar-refractivity contribution in [3.63, 3.8) is 0 Å². The van der Waals surface area contributed by atoms with Crippen molar-refractivity contribution in [3.05, 3.63) is 72.3 Å². The molecule has 0 heteroatoms. The van der Waals surface area contributed by atoms with Crippen LogP contribution in [0.3, 0.4) is 0 Å². The van der Waals surface area contributed by atoms with Gasteiger partial charge in [0.25, 0.3) is 0 Å². The van der Waals surface area contributed by atoms with Crippen LogP contribution in [0.4, 0.5) is 0 Å². The van der Waals surface area contributed by atoms with Gasteiger partial charge in [0.2, 0.25) is 0 Å². The zero-order valence-electron chi connectivity index (χ0n) is 12.9. The highest BCUT2D eigenvalue weighted by Gasteiger charge is 2.38. The number of aryl methyl sites for hydroxylation is 1. The monoisotopic (exact) mass is 264 g/mol. The second kappa shape index (κ2) is 5.66. The normalized spacial score (nSPS) is 18.8. The minimum absolute atomic E-state index is 0.201. The molecule has 0 aromatic heterocycles. The minimum atomic E-state index is 0.201. The van der Waals surface area contributed by atoms with E-state index in [0.29, 0.717) is 0 Å². The molecule has 0 fully saturated rings. The van der Waals surface area contributed by atoms with Gasteiger partial charge < -0.3 is 0 Å². The average molecular weight is 264 g/mol. The molecule has 0 radical (unpaired) electrons. The van der Waals surface area contributed by atoms with Crippen LogP contribution in [0.25, 0.3) is 11.1 Å². The Morgan fingerprint density at radius 2 is 1.60 bits per heavy atom. The lowest BCUT2D eigenvalue weighted by atomic mass is 9.76. The topological polar surface area (TPSA) is 0 Å². The summed E-state index contributed by atoms with van der Waals surface area (Å²) >= 11 is 0. The Balaban J connectivity index is 0.000000704. The molecular weight excluding hydrogens is 240 g/mol. The Labute approximate surface area is 123 Å². The van der Waals surface area contributed by atoms with E-state index in [-0.39, 0.29) is 5.41 Å². The van der Waals surface area contributed by atoms with Crippen molar-refractivity contribution in [2.24, 2.45) is 0 Å². The predicted molar refractivity (Wildman–Crippen MR) is 89.2 cm³/mol. The molecule has 3 rings (SSSR count). The van der Waals surface area contributed by atoms with Crippen molar-refractivity contribution in [1.82, 2.24) is 0 Å². The molecule has 104 valence electrons. The van der Waals surface area contributed by atoms with E-state index in [2.05, 4.69) is 76.4 Å². The first-order valence-corrected chi connectivity index (χ1v) is 7.38. The predicted octanol–water partition coefficient (Wildman–Crippen LogP) is 5.88. The molecule has 1 atom stereocenters. The van der Waals surface area contributed by atoms with E-state index >= 15 is 0 Å². The summed E-state index contributed by atoms with van der Waals surface area (Å²) in [5.74, 6) is 0. The highest BCUT2D eigenvalue weighted by Crippen LogP contribution is 2.51. The first-order valence-electron chi connectivity index (χ1n) is 7.38. The molecule has 0 aliphatic heterocycles. The van der Waals surface area contributed by atoms with Crippen LogP contribution >= 0.6 is 0 Å². The molecule has 0 saturated carbocycles. The SMILES string of the molecule is C=C.CCCC1(C)c2ccccc2-c2ccc(C)cc21. The summed E-state index contributed by atoms with van der Waals surface area (Å²) in [6, 6.07) is 15.8. The molecule has 1 aliphatic rings. The fourth-order valence-electron chi connectivity index (χ4n) is 3.46. The van der Waals surface area contributed by atoms with Crippen LogP contribution in [0.5, 0.6) is 0 Å². The van der Waals surface area contributed by atoms with E-state index in [4.69, 9.17) is 0 Å². The molecule has 20 heavy (non-hydrogen) atoms. The van der Waals surface area contributed by atoms with Crippen molar-refractivity contribution in [2.45, 2.75) is 39.0 Å². The van der Waals surface area contributed by atoms with Crippen LogP contribution in [0, 0.1) is 6.92 Å². The maximum absolute atomic E-state index is 3.00. The highest BCUT2D eigenvalue weighted by atomic mass is 14.4. The minimum Gasteiger partial charge on any atom is -0.106 e. The summed E-state index contributed by atoms with van der Waals surface area (Å²) in [6.07, 6.45) is 2.44. The largest absolute Gasteiger partial charge is 0.106 e. The van der Waals surface area contributed by atoms with Crippen LogP contribution in [-0.4, -0.2) is 0 Å². The first-order chi connectivity index (χ1) is 9.66. The highest BCUT2D eigenvalue weighted by molar-refractivity contribution is 5.81. The summed E-state index contributed by atoms with van der Waals surface area (Å²) in [5, 5.41) is 0. The zero-order chi connectivity index (χ0) is 14.8. The number of hydrogen-bond donors (Lipinski definition) is 0. The van der Waals surface area contributed by atoms with Gasteiger partial charge in [-0.05, 0) is 35.6 Å². The molecule has 0 amide bonds. The molecule has 1 aliphatic carbocycles. The Bertz CT molecular complexity index is 609. The van der Waals surface area contributed by atoms with Crippen LogP contribution in [0.15, 0.2) is 55.6 Å². The second-order valence-electron chi connectivity index (χ2n) is 5.68. The molecule has 0 heterocycles. The summed E-state index contributed by atoms with van der Waals surface area (Å²) in [5.41, 5.74) is 7.46. The number of benzene rings is 2. The van der Waals surface area contributed by atoms with Crippen LogP contribution in [-0.2, 0) is 5.41 Å². The van der Waals surface area contributed by atoms with Gasteiger partial charge in [-0.3, -0.25) is 0 Å². The number of hydrogen-bond acceptors (Lipinski definition) is 0. The third kappa shape index (κ3) is 2.10. The average Bonchev–Trinajstić information content (AvgIpc) is 2.72. The van der Waals surface area contributed by atoms with E-state index in [1.165, 1.54) is 40.7 Å². The molecule has 2 aromatic rings. The molecule has 0 N–H and O–H groups in total. The van der Waals surface area contributed by atoms with Crippen molar-refractivity contribution < 1.29 is 0 Å². The van der Waals surface area contributed by atoms with Gasteiger partial charge in [-0.1, -0.05) is 68.3 Å². The van der Waals surface area contributed by atoms with Crippen LogP contribution in [0.1, 0.15) is 43.4 Å². The quantitative estimate of drug-likeness (QED) is 0.594. The van der Waals surface area contributed by atoms with Gasteiger partial charge >= 0.3 is 0 Å². The van der Waals surface area contributed by atoms with Crippen molar-refractivity contribution >= 4 is 0 Å². The van der Waals surface area contributed by atoms with Gasteiger partial charge in [0.05, 0.1) is 0 Å². The number of fused-ring (bicyclic) bond motifs is 3. The molecule has 0 spiro atoms. The van der Waals surface area contributed by atoms with Gasteiger partial charge in [0.15, 0.2) is 0 Å². The van der Waals surface area contributed by atoms with Gasteiger partial charge in [-0.15, -0.1) is 13.2 Å².